The van der Waals surface area contributed by atoms with Gasteiger partial charge in [0.1, 0.15) is 6.10 Å². The molecule has 7 atom stereocenters. The molecule has 7 aliphatic rings. The lowest BCUT2D eigenvalue weighted by molar-refractivity contribution is -0.165. The van der Waals surface area contributed by atoms with Gasteiger partial charge in [-0.15, -0.1) is 0 Å². The zero-order chi connectivity index (χ0) is 25.1. The molecule has 1 aromatic heterocycles. The minimum absolute atomic E-state index is 0.0257. The molecule has 8 nitrogen and oxygen atoms in total. The summed E-state index contributed by atoms with van der Waals surface area (Å²) < 4.78 is 18.5. The van der Waals surface area contributed by atoms with Gasteiger partial charge in [0.2, 0.25) is 0 Å². The molecule has 5 heterocycles. The van der Waals surface area contributed by atoms with Crippen molar-refractivity contribution in [2.45, 2.75) is 67.9 Å². The van der Waals surface area contributed by atoms with E-state index in [0.717, 1.165) is 36.8 Å². The molecule has 1 saturated carbocycles. The van der Waals surface area contributed by atoms with Crippen molar-refractivity contribution in [3.63, 3.8) is 0 Å². The molecule has 37 heavy (non-hydrogen) atoms. The summed E-state index contributed by atoms with van der Waals surface area (Å²) in [4.78, 5) is 34.1. The Kier molecular flexibility index (Phi) is 4.18. The van der Waals surface area contributed by atoms with Gasteiger partial charge in [-0.3, -0.25) is 14.7 Å². The van der Waals surface area contributed by atoms with E-state index in [2.05, 4.69) is 29.1 Å². The minimum Gasteiger partial charge on any atom is -0.481 e. The molecule has 1 amide bonds. The zero-order valence-electron chi connectivity index (χ0n) is 20.9. The number of ether oxygens (including phenoxy) is 3. The van der Waals surface area contributed by atoms with Crippen molar-refractivity contribution in [1.29, 1.82) is 0 Å². The first-order valence-corrected chi connectivity index (χ1v) is 13.3. The molecule has 8 heteroatoms. The Labute approximate surface area is 215 Å². The number of hydrogen-bond donors (Lipinski definition) is 0. The number of benzene rings is 1. The fraction of sp³-hybridized carbons (Fsp3) is 0.483. The first kappa shape index (κ1) is 21.7. The van der Waals surface area contributed by atoms with Crippen molar-refractivity contribution in [2.24, 2.45) is 5.92 Å². The number of aromatic nitrogens is 1. The summed E-state index contributed by atoms with van der Waals surface area (Å²) in [5.74, 6) is 0.990. The Morgan fingerprint density at radius 3 is 2.89 bits per heavy atom. The van der Waals surface area contributed by atoms with Crippen LogP contribution in [0.15, 0.2) is 48.8 Å². The second-order valence-corrected chi connectivity index (χ2v) is 11.5. The maximum absolute atomic E-state index is 13.6. The van der Waals surface area contributed by atoms with Crippen LogP contribution >= 0.6 is 0 Å². The van der Waals surface area contributed by atoms with Crippen LogP contribution < -0.4 is 9.47 Å². The van der Waals surface area contributed by atoms with Crippen molar-refractivity contribution in [2.75, 3.05) is 13.6 Å². The van der Waals surface area contributed by atoms with Crippen LogP contribution in [0.25, 0.3) is 0 Å². The highest BCUT2D eigenvalue weighted by molar-refractivity contribution is 5.74. The molecule has 3 aliphatic carbocycles. The number of piperidine rings is 1. The van der Waals surface area contributed by atoms with Gasteiger partial charge in [0.25, 0.3) is 0 Å². The van der Waals surface area contributed by atoms with Gasteiger partial charge < -0.3 is 19.1 Å². The van der Waals surface area contributed by atoms with Crippen LogP contribution in [0.4, 0.5) is 4.79 Å². The molecule has 190 valence electrons. The van der Waals surface area contributed by atoms with Gasteiger partial charge in [-0.2, -0.15) is 0 Å². The molecular weight excluding hydrogens is 470 g/mol. The maximum Gasteiger partial charge on any atom is 0.411 e. The van der Waals surface area contributed by atoms with Crippen LogP contribution in [0.3, 0.4) is 0 Å². The second-order valence-electron chi connectivity index (χ2n) is 11.5. The Morgan fingerprint density at radius 2 is 2.11 bits per heavy atom. The smallest absolute Gasteiger partial charge is 0.411 e. The molecule has 4 aliphatic heterocycles. The topological polar surface area (TPSA) is 81.2 Å². The van der Waals surface area contributed by atoms with Crippen molar-refractivity contribution in [1.82, 2.24) is 14.8 Å². The lowest BCUT2D eigenvalue weighted by atomic mass is 9.52. The number of amides is 1. The zero-order valence-corrected chi connectivity index (χ0v) is 20.9. The maximum atomic E-state index is 13.6. The molecule has 0 unspecified atom stereocenters. The van der Waals surface area contributed by atoms with Gasteiger partial charge in [0.05, 0.1) is 11.5 Å². The Balaban J connectivity index is 1.16. The Hall–Kier alpha value is -3.39. The molecule has 0 N–H and O–H groups in total. The predicted octanol–water partition coefficient (Wildman–Crippen LogP) is 3.85. The number of esters is 1. The summed E-state index contributed by atoms with van der Waals surface area (Å²) in [6.07, 6.45) is 10.5. The standard InChI is InChI=1S/C29H29N3O5/c1-16(33)35-22-9-8-19-24-25(22)37-26-23(10-7-18-21-13-28(19,31(21)2)15-29(18,24)26)36-27(34)32-12-4-6-20(32)17-5-3-11-30-14-17/h3,5,7-11,14,18,20-21,23,26H,4,6,12-13,15H2,1-2H3/t18-,20-,21+,23-,26-,28-,29-/m0/s1. The van der Waals surface area contributed by atoms with Gasteiger partial charge in [-0.05, 0) is 62.1 Å². The first-order valence-electron chi connectivity index (χ1n) is 13.3. The largest absolute Gasteiger partial charge is 0.481 e. The fourth-order valence-electron chi connectivity index (χ4n) is 8.60. The third kappa shape index (κ3) is 2.54. The number of rotatable bonds is 3. The van der Waals surface area contributed by atoms with E-state index in [4.69, 9.17) is 14.2 Å². The molecule has 1 aromatic carbocycles. The van der Waals surface area contributed by atoms with E-state index < -0.39 is 6.10 Å². The van der Waals surface area contributed by atoms with Crippen LogP contribution in [0.5, 0.6) is 11.5 Å². The number of carbonyl (C=O) groups is 2. The summed E-state index contributed by atoms with van der Waals surface area (Å²) in [5, 5.41) is 0. The van der Waals surface area contributed by atoms with E-state index in [0.29, 0.717) is 24.1 Å². The average Bonchev–Trinajstić information content (AvgIpc) is 3.57. The molecular formula is C29H29N3O5. The van der Waals surface area contributed by atoms with Crippen molar-refractivity contribution < 1.29 is 23.8 Å². The molecule has 2 aromatic rings. The number of carbonyl (C=O) groups excluding carboxylic acids is 2. The van der Waals surface area contributed by atoms with Crippen molar-refractivity contribution in [3.8, 4) is 11.5 Å². The Morgan fingerprint density at radius 1 is 1.22 bits per heavy atom. The fourth-order valence-corrected chi connectivity index (χ4v) is 8.60. The molecule has 9 rings (SSSR count). The highest BCUT2D eigenvalue weighted by Crippen LogP contribution is 2.75. The monoisotopic (exact) mass is 499 g/mol. The highest BCUT2D eigenvalue weighted by Gasteiger charge is 2.77. The lowest BCUT2D eigenvalue weighted by Crippen LogP contribution is -2.73. The van der Waals surface area contributed by atoms with Crippen LogP contribution in [0.1, 0.15) is 55.3 Å². The molecule has 2 spiro atoms. The summed E-state index contributed by atoms with van der Waals surface area (Å²) in [6, 6.07) is 8.29. The predicted molar refractivity (Wildman–Crippen MR) is 132 cm³/mol. The minimum atomic E-state index is -0.526. The average molecular weight is 500 g/mol. The van der Waals surface area contributed by atoms with E-state index in [-0.39, 0.29) is 41.1 Å². The molecule has 3 bridgehead atoms. The van der Waals surface area contributed by atoms with Gasteiger partial charge in [0, 0.05) is 48.9 Å². The molecule has 0 radical (unpaired) electrons. The van der Waals surface area contributed by atoms with Crippen molar-refractivity contribution in [3.05, 3.63) is 65.5 Å². The first-order chi connectivity index (χ1) is 17.9. The second kappa shape index (κ2) is 7.13. The van der Waals surface area contributed by atoms with Crippen LogP contribution in [-0.2, 0) is 20.5 Å². The number of nitrogens with zero attached hydrogens (tertiary/aromatic N) is 3. The van der Waals surface area contributed by atoms with E-state index >= 15 is 0 Å². The Bertz CT molecular complexity index is 1380. The van der Waals surface area contributed by atoms with Crippen LogP contribution in [0.2, 0.25) is 0 Å². The van der Waals surface area contributed by atoms with E-state index in [9.17, 15) is 9.59 Å². The third-order valence-corrected chi connectivity index (χ3v) is 10.0. The summed E-state index contributed by atoms with van der Waals surface area (Å²) in [6.45, 7) is 2.07. The summed E-state index contributed by atoms with van der Waals surface area (Å²) in [7, 11) is 2.22. The van der Waals surface area contributed by atoms with Crippen LogP contribution in [0, 0.1) is 5.92 Å². The third-order valence-electron chi connectivity index (χ3n) is 10.0. The summed E-state index contributed by atoms with van der Waals surface area (Å²) >= 11 is 0. The SMILES string of the molecule is CC(=O)Oc1ccc2c3c1O[C@H]1[C@@H](OC(=O)N4CCC[C@H]4c4cccnc4)C=C[C@H]4[C@H]5C[C@@]2(C[C@@]341)N5C. The summed E-state index contributed by atoms with van der Waals surface area (Å²) in [5.41, 5.74) is 3.15. The van der Waals surface area contributed by atoms with Gasteiger partial charge >= 0.3 is 12.1 Å². The molecule has 3 saturated heterocycles. The highest BCUT2D eigenvalue weighted by atomic mass is 16.6. The number of likely N-dealkylation sites (tertiary alicyclic amines) is 1. The quantitative estimate of drug-likeness (QED) is 0.361. The van der Waals surface area contributed by atoms with Crippen molar-refractivity contribution >= 4 is 12.1 Å². The van der Waals surface area contributed by atoms with Crippen LogP contribution in [-0.4, -0.2) is 58.7 Å². The van der Waals surface area contributed by atoms with E-state index in [1.54, 1.807) is 6.20 Å². The lowest BCUT2D eigenvalue weighted by Gasteiger charge is -2.66. The van der Waals surface area contributed by atoms with E-state index in [1.165, 1.54) is 12.5 Å². The molecule has 4 fully saturated rings. The number of pyridine rings is 1. The van der Waals surface area contributed by atoms with Gasteiger partial charge in [0.15, 0.2) is 17.6 Å². The number of hydrogen-bond acceptors (Lipinski definition) is 7. The van der Waals surface area contributed by atoms with E-state index in [1.807, 2.05) is 35.4 Å². The normalized spacial score (nSPS) is 37.6. The van der Waals surface area contributed by atoms with Gasteiger partial charge in [-0.1, -0.05) is 18.2 Å². The van der Waals surface area contributed by atoms with Gasteiger partial charge in [-0.25, -0.2) is 4.79 Å².